The van der Waals surface area contributed by atoms with Crippen LogP contribution in [-0.2, 0) is 19.5 Å². The summed E-state index contributed by atoms with van der Waals surface area (Å²) in [4.78, 5) is 16.3. The molecule has 146 valence electrons. The molecule has 1 atom stereocenters. The maximum atomic E-state index is 12.4. The summed E-state index contributed by atoms with van der Waals surface area (Å²) in [7, 11) is 0. The Balaban J connectivity index is 1.54. The van der Waals surface area contributed by atoms with E-state index in [0.717, 1.165) is 24.2 Å². The van der Waals surface area contributed by atoms with Crippen LogP contribution in [0.3, 0.4) is 0 Å². The molecule has 2 amide bonds. The van der Waals surface area contributed by atoms with Crippen molar-refractivity contribution in [2.24, 2.45) is 0 Å². The lowest BCUT2D eigenvalue weighted by molar-refractivity contribution is -0.153. The minimum Gasteiger partial charge on any atom is -0.484 e. The maximum absolute atomic E-state index is 12.4. The Hall–Kier alpha value is -2.78. The number of amides is 2. The van der Waals surface area contributed by atoms with Gasteiger partial charge in [0, 0.05) is 18.5 Å². The van der Waals surface area contributed by atoms with Crippen LogP contribution in [0.2, 0.25) is 0 Å². The fourth-order valence-corrected chi connectivity index (χ4v) is 2.87. The second-order valence-corrected chi connectivity index (χ2v) is 6.44. The predicted octanol–water partition coefficient (Wildman–Crippen LogP) is 2.34. The summed E-state index contributed by atoms with van der Waals surface area (Å²) in [6.45, 7) is 0.970. The average molecular weight is 383 g/mol. The number of nitrogens with one attached hydrogen (secondary N) is 2. The third-order valence-corrected chi connectivity index (χ3v) is 4.19. The molecule has 1 aromatic heterocycles. The van der Waals surface area contributed by atoms with Crippen molar-refractivity contribution in [3.63, 3.8) is 0 Å². The van der Waals surface area contributed by atoms with E-state index in [0.29, 0.717) is 12.1 Å². The van der Waals surface area contributed by atoms with Crippen molar-refractivity contribution in [1.82, 2.24) is 25.4 Å². The molecule has 0 radical (unpaired) electrons. The molecule has 1 aliphatic heterocycles. The van der Waals surface area contributed by atoms with E-state index < -0.39 is 18.8 Å². The second kappa shape index (κ2) is 7.85. The number of alkyl halides is 3. The van der Waals surface area contributed by atoms with Crippen molar-refractivity contribution >= 4 is 6.03 Å². The van der Waals surface area contributed by atoms with Crippen LogP contribution in [-0.4, -0.2) is 39.6 Å². The Morgan fingerprint density at radius 2 is 2.22 bits per heavy atom. The van der Waals surface area contributed by atoms with E-state index in [1.807, 2.05) is 0 Å². The molecule has 2 aromatic rings. The van der Waals surface area contributed by atoms with Gasteiger partial charge in [0.15, 0.2) is 6.61 Å². The van der Waals surface area contributed by atoms with Crippen LogP contribution >= 0.6 is 0 Å². The lowest BCUT2D eigenvalue weighted by atomic mass is 10.1. The third kappa shape index (κ3) is 5.35. The number of fused-ring (bicyclic) bond motifs is 1. The number of aromatic nitrogens is 3. The number of halogens is 3. The molecule has 1 aliphatic rings. The predicted molar refractivity (Wildman–Crippen MR) is 90.2 cm³/mol. The summed E-state index contributed by atoms with van der Waals surface area (Å²) in [6.07, 6.45) is -1.47. The Morgan fingerprint density at radius 3 is 3.00 bits per heavy atom. The van der Waals surface area contributed by atoms with Crippen molar-refractivity contribution in [3.8, 4) is 5.75 Å². The number of hydrogen-bond acceptors (Lipinski definition) is 4. The Labute approximate surface area is 153 Å². The average Bonchev–Trinajstić information content (AvgIpc) is 3.06. The van der Waals surface area contributed by atoms with Crippen LogP contribution < -0.4 is 15.4 Å². The molecule has 1 unspecified atom stereocenters. The molecule has 27 heavy (non-hydrogen) atoms. The van der Waals surface area contributed by atoms with E-state index in [2.05, 4.69) is 20.7 Å². The summed E-state index contributed by atoms with van der Waals surface area (Å²) in [5.41, 5.74) is 1.24. The van der Waals surface area contributed by atoms with E-state index in [1.165, 1.54) is 12.4 Å². The van der Waals surface area contributed by atoms with Gasteiger partial charge in [0.1, 0.15) is 17.9 Å². The fourth-order valence-electron chi connectivity index (χ4n) is 2.87. The number of rotatable bonds is 5. The van der Waals surface area contributed by atoms with E-state index >= 15 is 0 Å². The molecule has 10 heteroatoms. The summed E-state index contributed by atoms with van der Waals surface area (Å²) in [5.74, 6) is 0.997. The van der Waals surface area contributed by atoms with Crippen molar-refractivity contribution in [3.05, 3.63) is 41.5 Å². The highest BCUT2D eigenvalue weighted by atomic mass is 19.4. The van der Waals surface area contributed by atoms with Crippen LogP contribution in [0.1, 0.15) is 23.4 Å². The molecule has 0 fully saturated rings. The topological polar surface area (TPSA) is 81.1 Å². The van der Waals surface area contributed by atoms with Gasteiger partial charge in [-0.1, -0.05) is 12.1 Å². The first-order valence-corrected chi connectivity index (χ1v) is 8.50. The minimum absolute atomic E-state index is 0.0562. The van der Waals surface area contributed by atoms with Gasteiger partial charge in [0.05, 0.1) is 12.6 Å². The van der Waals surface area contributed by atoms with Gasteiger partial charge in [-0.3, -0.25) is 0 Å². The summed E-state index contributed by atoms with van der Waals surface area (Å²) in [6, 6.07) is 4.43. The Kier molecular flexibility index (Phi) is 5.52. The molecule has 2 N–H and O–H groups in total. The van der Waals surface area contributed by atoms with Crippen LogP contribution in [0.5, 0.6) is 5.75 Å². The number of benzene rings is 1. The third-order valence-electron chi connectivity index (χ3n) is 4.19. The van der Waals surface area contributed by atoms with Gasteiger partial charge in [-0.15, -0.1) is 0 Å². The van der Waals surface area contributed by atoms with Gasteiger partial charge >= 0.3 is 12.2 Å². The van der Waals surface area contributed by atoms with Gasteiger partial charge in [0.25, 0.3) is 0 Å². The number of ether oxygens (including phenoxy) is 1. The molecule has 0 spiro atoms. The van der Waals surface area contributed by atoms with E-state index in [-0.39, 0.29) is 18.3 Å². The SMILES string of the molecule is Cc1ccc(CNC(=O)NC2CCc3ncnn3C2)c(OCC(F)(F)F)c1. The highest BCUT2D eigenvalue weighted by Gasteiger charge is 2.29. The fraction of sp³-hybridized carbons (Fsp3) is 0.471. The zero-order valence-corrected chi connectivity index (χ0v) is 14.7. The van der Waals surface area contributed by atoms with Gasteiger partial charge in [-0.25, -0.2) is 14.5 Å². The van der Waals surface area contributed by atoms with Gasteiger partial charge in [-0.05, 0) is 25.0 Å². The monoisotopic (exact) mass is 383 g/mol. The first kappa shape index (κ1) is 19.0. The zero-order chi connectivity index (χ0) is 19.4. The van der Waals surface area contributed by atoms with Crippen molar-refractivity contribution in [2.45, 2.75) is 45.1 Å². The van der Waals surface area contributed by atoms with Crippen molar-refractivity contribution < 1.29 is 22.7 Å². The van der Waals surface area contributed by atoms with Gasteiger partial charge in [-0.2, -0.15) is 18.3 Å². The Morgan fingerprint density at radius 1 is 1.41 bits per heavy atom. The van der Waals surface area contributed by atoms with Gasteiger partial charge in [0.2, 0.25) is 0 Å². The number of urea groups is 1. The van der Waals surface area contributed by atoms with Crippen molar-refractivity contribution in [2.75, 3.05) is 6.61 Å². The molecule has 0 saturated heterocycles. The number of hydrogen-bond donors (Lipinski definition) is 2. The van der Waals surface area contributed by atoms with E-state index in [4.69, 9.17) is 4.74 Å². The van der Waals surface area contributed by atoms with Crippen molar-refractivity contribution in [1.29, 1.82) is 0 Å². The number of carbonyl (C=O) groups excluding carboxylic acids is 1. The van der Waals surface area contributed by atoms with Crippen LogP contribution in [0, 0.1) is 6.92 Å². The molecule has 0 bridgehead atoms. The normalized spacial score (nSPS) is 16.5. The highest BCUT2D eigenvalue weighted by Crippen LogP contribution is 2.23. The number of aryl methyl sites for hydroxylation is 2. The van der Waals surface area contributed by atoms with Crippen LogP contribution in [0.4, 0.5) is 18.0 Å². The number of nitrogens with zero attached hydrogens (tertiary/aromatic N) is 3. The largest absolute Gasteiger partial charge is 0.484 e. The first-order valence-electron chi connectivity index (χ1n) is 8.50. The summed E-state index contributed by atoms with van der Waals surface area (Å²) in [5, 5.41) is 9.61. The van der Waals surface area contributed by atoms with Crippen LogP contribution in [0.25, 0.3) is 0 Å². The lowest BCUT2D eigenvalue weighted by Gasteiger charge is -2.23. The van der Waals surface area contributed by atoms with E-state index in [1.54, 1.807) is 23.7 Å². The Bertz CT molecular complexity index is 806. The summed E-state index contributed by atoms with van der Waals surface area (Å²) >= 11 is 0. The molecule has 0 aliphatic carbocycles. The van der Waals surface area contributed by atoms with Gasteiger partial charge < -0.3 is 15.4 Å². The molecule has 2 heterocycles. The van der Waals surface area contributed by atoms with E-state index in [9.17, 15) is 18.0 Å². The molecule has 1 aromatic carbocycles. The standard InChI is InChI=1S/C17H20F3N5O2/c1-11-2-3-12(14(6-11)27-9-17(18,19)20)7-21-16(26)24-13-4-5-15-22-10-23-25(15)8-13/h2-3,6,10,13H,4-5,7-9H2,1H3,(H2,21,24,26). The minimum atomic E-state index is -4.42. The molecule has 7 nitrogen and oxygen atoms in total. The first-order chi connectivity index (χ1) is 12.8. The number of carbonyl (C=O) groups is 1. The smallest absolute Gasteiger partial charge is 0.422 e. The quantitative estimate of drug-likeness (QED) is 0.831. The molecule has 3 rings (SSSR count). The highest BCUT2D eigenvalue weighted by molar-refractivity contribution is 5.74. The lowest BCUT2D eigenvalue weighted by Crippen LogP contribution is -2.45. The molecular formula is C17H20F3N5O2. The summed E-state index contributed by atoms with van der Waals surface area (Å²) < 4.78 is 43.9. The maximum Gasteiger partial charge on any atom is 0.422 e. The second-order valence-electron chi connectivity index (χ2n) is 6.44. The molecule has 0 saturated carbocycles. The zero-order valence-electron chi connectivity index (χ0n) is 14.7. The molecular weight excluding hydrogens is 363 g/mol. The van der Waals surface area contributed by atoms with Crippen LogP contribution in [0.15, 0.2) is 24.5 Å².